The molecule has 0 aromatic heterocycles. The molecule has 2 atom stereocenters. The van der Waals surface area contributed by atoms with Gasteiger partial charge in [-0.25, -0.2) is 4.79 Å². The highest BCUT2D eigenvalue weighted by atomic mass is 16.5. The van der Waals surface area contributed by atoms with Crippen LogP contribution < -0.4 is 10.6 Å². The normalized spacial score (nSPS) is 21.0. The zero-order valence-corrected chi connectivity index (χ0v) is 16.7. The number of fused-ring (bicyclic) bond motifs is 1. The molecule has 1 aliphatic carbocycles. The summed E-state index contributed by atoms with van der Waals surface area (Å²) in [5, 5.41) is 14.6. The second-order valence-corrected chi connectivity index (χ2v) is 7.82. The zero-order valence-electron chi connectivity index (χ0n) is 16.7. The Labute approximate surface area is 178 Å². The molecule has 2 aliphatic rings. The first-order chi connectivity index (χ1) is 14.9. The Hall–Kier alpha value is -3.52. The molecule has 4 rings (SSSR count). The number of rotatable bonds is 8. The van der Waals surface area contributed by atoms with E-state index in [2.05, 4.69) is 10.6 Å². The largest absolute Gasteiger partial charge is 0.480 e. The molecule has 1 fully saturated rings. The van der Waals surface area contributed by atoms with Crippen molar-refractivity contribution in [1.29, 1.82) is 0 Å². The highest BCUT2D eigenvalue weighted by molar-refractivity contribution is 6.37. The molecule has 2 aromatic carbocycles. The summed E-state index contributed by atoms with van der Waals surface area (Å²) in [6.45, 7) is 0.0607. The molecule has 8 nitrogen and oxygen atoms in total. The average Bonchev–Trinajstić information content (AvgIpc) is 3.58. The Kier molecular flexibility index (Phi) is 5.56. The third-order valence-electron chi connectivity index (χ3n) is 5.50. The lowest BCUT2D eigenvalue weighted by atomic mass is 9.85. The van der Waals surface area contributed by atoms with E-state index in [9.17, 15) is 24.3 Å². The van der Waals surface area contributed by atoms with Gasteiger partial charge in [-0.05, 0) is 36.5 Å². The van der Waals surface area contributed by atoms with Crippen LogP contribution in [0.5, 0.6) is 0 Å². The van der Waals surface area contributed by atoms with Crippen LogP contribution in [0.4, 0.5) is 5.69 Å². The Morgan fingerprint density at radius 2 is 1.77 bits per heavy atom. The molecule has 1 heterocycles. The van der Waals surface area contributed by atoms with Crippen LogP contribution in [0.3, 0.4) is 0 Å². The number of hydrogen-bond donors (Lipinski definition) is 3. The van der Waals surface area contributed by atoms with Crippen LogP contribution in [0, 0.1) is 5.92 Å². The van der Waals surface area contributed by atoms with E-state index in [0.29, 0.717) is 5.56 Å². The topological polar surface area (TPSA) is 122 Å². The minimum absolute atomic E-state index is 0.00693. The number of carboxylic acid groups (broad SMARTS) is 1. The van der Waals surface area contributed by atoms with Gasteiger partial charge in [0.25, 0.3) is 17.4 Å². The number of carbonyl (C=O) groups excluding carboxylic acids is 3. The minimum atomic E-state index is -2.47. The van der Waals surface area contributed by atoms with E-state index < -0.39 is 35.2 Å². The lowest BCUT2D eigenvalue weighted by Crippen LogP contribution is -2.66. The molecular weight excluding hydrogens is 400 g/mol. The number of carbonyl (C=O) groups is 4. The number of anilines is 1. The summed E-state index contributed by atoms with van der Waals surface area (Å²) in [6, 6.07) is 13.8. The zero-order chi connectivity index (χ0) is 22.0. The van der Waals surface area contributed by atoms with E-state index in [4.69, 9.17) is 4.74 Å². The summed E-state index contributed by atoms with van der Waals surface area (Å²) in [4.78, 5) is 51.5. The van der Waals surface area contributed by atoms with Crippen molar-refractivity contribution in [3.8, 4) is 0 Å². The molecule has 2 aromatic rings. The molecule has 3 N–H and O–H groups in total. The summed E-state index contributed by atoms with van der Waals surface area (Å²) in [7, 11) is 0. The molecule has 0 bridgehead atoms. The lowest BCUT2D eigenvalue weighted by Gasteiger charge is -2.34. The number of ether oxygens (including phenoxy) is 1. The second kappa shape index (κ2) is 8.31. The van der Waals surface area contributed by atoms with Crippen molar-refractivity contribution >= 4 is 29.3 Å². The third kappa shape index (κ3) is 4.06. The summed E-state index contributed by atoms with van der Waals surface area (Å²) in [5.74, 6) is -3.90. The third-order valence-corrected chi connectivity index (χ3v) is 5.50. The van der Waals surface area contributed by atoms with Crippen LogP contribution in [0.1, 0.15) is 28.8 Å². The number of aliphatic carboxylic acids is 1. The number of carboxylic acids is 1. The van der Waals surface area contributed by atoms with Crippen LogP contribution in [-0.2, 0) is 25.5 Å². The first-order valence-corrected chi connectivity index (χ1v) is 10.1. The molecule has 1 saturated carbocycles. The van der Waals surface area contributed by atoms with Gasteiger partial charge in [-0.3, -0.25) is 14.4 Å². The van der Waals surface area contributed by atoms with E-state index in [0.717, 1.165) is 12.8 Å². The van der Waals surface area contributed by atoms with Crippen molar-refractivity contribution in [3.63, 3.8) is 0 Å². The molecule has 0 spiro atoms. The van der Waals surface area contributed by atoms with Crippen LogP contribution >= 0.6 is 0 Å². The van der Waals surface area contributed by atoms with Gasteiger partial charge >= 0.3 is 5.97 Å². The van der Waals surface area contributed by atoms with Crippen LogP contribution in [0.25, 0.3) is 0 Å². The molecule has 1 unspecified atom stereocenters. The number of benzene rings is 2. The molecule has 0 saturated heterocycles. The first-order valence-electron chi connectivity index (χ1n) is 10.1. The Morgan fingerprint density at radius 1 is 1.10 bits per heavy atom. The lowest BCUT2D eigenvalue weighted by molar-refractivity contribution is -0.155. The maximum absolute atomic E-state index is 13.3. The number of hydrogen-bond acceptors (Lipinski definition) is 5. The Morgan fingerprint density at radius 3 is 2.45 bits per heavy atom. The van der Waals surface area contributed by atoms with Crippen molar-refractivity contribution in [2.75, 3.05) is 11.9 Å². The highest BCUT2D eigenvalue weighted by Gasteiger charge is 2.58. The van der Waals surface area contributed by atoms with E-state index in [1.165, 1.54) is 6.07 Å². The number of Topliss-reactive ketones (excluding diaryl/α,β-unsaturated/α-hetero) is 1. The van der Waals surface area contributed by atoms with E-state index in [1.807, 2.05) is 0 Å². The Bertz CT molecular complexity index is 1030. The van der Waals surface area contributed by atoms with Gasteiger partial charge < -0.3 is 20.5 Å². The van der Waals surface area contributed by atoms with E-state index in [1.54, 1.807) is 48.5 Å². The van der Waals surface area contributed by atoms with Crippen molar-refractivity contribution in [2.45, 2.75) is 30.9 Å². The molecule has 31 heavy (non-hydrogen) atoms. The van der Waals surface area contributed by atoms with E-state index >= 15 is 0 Å². The molecule has 160 valence electrons. The monoisotopic (exact) mass is 422 g/mol. The smallest absolute Gasteiger partial charge is 0.326 e. The number of para-hydroxylation sites is 1. The van der Waals surface area contributed by atoms with Crippen molar-refractivity contribution < 1.29 is 29.0 Å². The van der Waals surface area contributed by atoms with Gasteiger partial charge in [-0.15, -0.1) is 0 Å². The van der Waals surface area contributed by atoms with Crippen molar-refractivity contribution in [1.82, 2.24) is 5.32 Å². The molecule has 8 heteroatoms. The van der Waals surface area contributed by atoms with Gasteiger partial charge in [0.15, 0.2) is 0 Å². The minimum Gasteiger partial charge on any atom is -0.480 e. The number of amides is 2. The summed E-state index contributed by atoms with van der Waals surface area (Å²) < 4.78 is 5.70. The van der Waals surface area contributed by atoms with Gasteiger partial charge in [0, 0.05) is 12.0 Å². The van der Waals surface area contributed by atoms with Gasteiger partial charge in [-0.2, -0.15) is 0 Å². The summed E-state index contributed by atoms with van der Waals surface area (Å²) >= 11 is 0. The standard InChI is InChI=1S/C23H22N2O6/c26-19-16-8-4-5-9-17(16)24-21(29)23(19,31-13-15-10-11-15)22(30)25-18(20(27)28)12-14-6-2-1-3-7-14/h1-9,15,18H,10-13H2,(H,24,29)(H,25,30)(H,27,28)/t18?,23-/m1/s1. The van der Waals surface area contributed by atoms with Crippen molar-refractivity contribution in [3.05, 3.63) is 65.7 Å². The molecule has 1 aliphatic heterocycles. The van der Waals surface area contributed by atoms with Crippen LogP contribution in [0.2, 0.25) is 0 Å². The molecule has 2 amide bonds. The predicted molar refractivity (Wildman–Crippen MR) is 111 cm³/mol. The SMILES string of the molecule is O=C(O)C(Cc1ccccc1)NC(=O)[C@]1(OCC2CC2)C(=O)Nc2ccccc2C1=O. The summed E-state index contributed by atoms with van der Waals surface area (Å²) in [5.41, 5.74) is -1.35. The number of ketones is 1. The van der Waals surface area contributed by atoms with Gasteiger partial charge in [0.1, 0.15) is 6.04 Å². The maximum Gasteiger partial charge on any atom is 0.326 e. The van der Waals surface area contributed by atoms with Crippen LogP contribution in [-0.4, -0.2) is 46.9 Å². The fraction of sp³-hybridized carbons (Fsp3) is 0.304. The Balaban J connectivity index is 1.65. The molecule has 0 radical (unpaired) electrons. The van der Waals surface area contributed by atoms with Gasteiger partial charge in [0.05, 0.1) is 12.3 Å². The number of nitrogens with one attached hydrogen (secondary N) is 2. The quantitative estimate of drug-likeness (QED) is 0.558. The van der Waals surface area contributed by atoms with Crippen LogP contribution in [0.15, 0.2) is 54.6 Å². The fourth-order valence-corrected chi connectivity index (χ4v) is 3.53. The van der Waals surface area contributed by atoms with Gasteiger partial charge in [-0.1, -0.05) is 42.5 Å². The summed E-state index contributed by atoms with van der Waals surface area (Å²) in [6.07, 6.45) is 1.76. The highest BCUT2D eigenvalue weighted by Crippen LogP contribution is 2.35. The maximum atomic E-state index is 13.3. The average molecular weight is 422 g/mol. The fourth-order valence-electron chi connectivity index (χ4n) is 3.53. The molecular formula is C23H22N2O6. The predicted octanol–water partition coefficient (Wildman–Crippen LogP) is 1.80. The second-order valence-electron chi connectivity index (χ2n) is 7.82. The van der Waals surface area contributed by atoms with Gasteiger partial charge in [0.2, 0.25) is 5.78 Å². The van der Waals surface area contributed by atoms with Crippen molar-refractivity contribution in [2.24, 2.45) is 5.92 Å². The first kappa shape index (κ1) is 20.7. The van der Waals surface area contributed by atoms with E-state index in [-0.39, 0.29) is 30.2 Å².